The second-order valence-corrected chi connectivity index (χ2v) is 6.69. The van der Waals surface area contributed by atoms with Crippen LogP contribution >= 0.6 is 0 Å². The van der Waals surface area contributed by atoms with Crippen molar-refractivity contribution < 1.29 is 18.8 Å². The lowest BCUT2D eigenvalue weighted by Crippen LogP contribution is -2.32. The van der Waals surface area contributed by atoms with Gasteiger partial charge in [0.25, 0.3) is 5.91 Å². The van der Waals surface area contributed by atoms with Gasteiger partial charge in [0.05, 0.1) is 18.6 Å². The lowest BCUT2D eigenvalue weighted by Gasteiger charge is -2.27. The monoisotopic (exact) mass is 377 g/mol. The standard InChI is InChI=1S/C21H19N3O4/c25-19(16-8-4-13-28-16)17-18(15-6-2-1-3-7-15)24(21(27)20(17)26)11-5-10-23-12-9-22-14-23/h1-4,6-9,12-14,17-18H,5,10-11H2. The Balaban J connectivity index is 1.63. The molecule has 7 heteroatoms. The lowest BCUT2D eigenvalue weighted by atomic mass is 9.88. The number of carbonyl (C=O) groups excluding carboxylic acids is 3. The minimum absolute atomic E-state index is 0.0901. The number of aromatic nitrogens is 2. The van der Waals surface area contributed by atoms with Gasteiger partial charge >= 0.3 is 0 Å². The van der Waals surface area contributed by atoms with Crippen LogP contribution in [0.5, 0.6) is 0 Å². The highest BCUT2D eigenvalue weighted by molar-refractivity contribution is 6.43. The Morgan fingerprint density at radius 1 is 1.07 bits per heavy atom. The maximum atomic E-state index is 12.9. The molecule has 1 fully saturated rings. The van der Waals surface area contributed by atoms with Crippen molar-refractivity contribution >= 4 is 17.5 Å². The van der Waals surface area contributed by atoms with E-state index in [0.29, 0.717) is 19.5 Å². The van der Waals surface area contributed by atoms with Gasteiger partial charge in [-0.3, -0.25) is 14.4 Å². The highest BCUT2D eigenvalue weighted by atomic mass is 16.3. The van der Waals surface area contributed by atoms with Crippen LogP contribution in [-0.2, 0) is 16.1 Å². The van der Waals surface area contributed by atoms with E-state index in [2.05, 4.69) is 4.98 Å². The zero-order valence-electron chi connectivity index (χ0n) is 15.1. The Morgan fingerprint density at radius 3 is 2.57 bits per heavy atom. The third-order valence-corrected chi connectivity index (χ3v) is 4.97. The van der Waals surface area contributed by atoms with Crippen molar-refractivity contribution in [3.05, 3.63) is 78.8 Å². The largest absolute Gasteiger partial charge is 0.461 e. The first-order valence-corrected chi connectivity index (χ1v) is 9.10. The topological polar surface area (TPSA) is 85.4 Å². The number of amides is 1. The minimum Gasteiger partial charge on any atom is -0.461 e. The summed E-state index contributed by atoms with van der Waals surface area (Å²) in [5, 5.41) is 0. The summed E-state index contributed by atoms with van der Waals surface area (Å²) in [4.78, 5) is 44.0. The highest BCUT2D eigenvalue weighted by Crippen LogP contribution is 2.38. The van der Waals surface area contributed by atoms with Gasteiger partial charge in [-0.05, 0) is 24.1 Å². The van der Waals surface area contributed by atoms with Gasteiger partial charge in [-0.1, -0.05) is 30.3 Å². The fraction of sp³-hybridized carbons (Fsp3) is 0.238. The third kappa shape index (κ3) is 3.26. The summed E-state index contributed by atoms with van der Waals surface area (Å²) in [6, 6.07) is 11.7. The number of hydrogen-bond acceptors (Lipinski definition) is 5. The molecule has 1 amide bonds. The summed E-state index contributed by atoms with van der Waals surface area (Å²) in [5.74, 6) is -2.78. The maximum Gasteiger partial charge on any atom is 0.291 e. The third-order valence-electron chi connectivity index (χ3n) is 4.97. The van der Waals surface area contributed by atoms with E-state index >= 15 is 0 Å². The molecule has 4 rings (SSSR count). The van der Waals surface area contributed by atoms with Crippen LogP contribution < -0.4 is 0 Å². The van der Waals surface area contributed by atoms with E-state index in [-0.39, 0.29) is 5.76 Å². The molecule has 142 valence electrons. The zero-order valence-corrected chi connectivity index (χ0v) is 15.1. The smallest absolute Gasteiger partial charge is 0.291 e. The average molecular weight is 377 g/mol. The number of ketones is 2. The molecule has 0 N–H and O–H groups in total. The number of benzene rings is 1. The average Bonchev–Trinajstić information content (AvgIpc) is 3.46. The molecule has 2 aromatic heterocycles. The van der Waals surface area contributed by atoms with Crippen molar-refractivity contribution in [2.45, 2.75) is 19.0 Å². The van der Waals surface area contributed by atoms with Crippen molar-refractivity contribution in [3.63, 3.8) is 0 Å². The molecule has 2 atom stereocenters. The minimum atomic E-state index is -1.10. The van der Waals surface area contributed by atoms with E-state index in [1.165, 1.54) is 17.2 Å². The van der Waals surface area contributed by atoms with Crippen LogP contribution in [0.2, 0.25) is 0 Å². The first kappa shape index (κ1) is 17.9. The van der Waals surface area contributed by atoms with Crippen molar-refractivity contribution in [1.82, 2.24) is 14.5 Å². The van der Waals surface area contributed by atoms with Gasteiger partial charge in [0.15, 0.2) is 5.76 Å². The molecule has 1 aliphatic rings. The van der Waals surface area contributed by atoms with Crippen LogP contribution in [0, 0.1) is 5.92 Å². The number of Topliss-reactive ketones (excluding diaryl/α,β-unsaturated/α-hetero) is 2. The van der Waals surface area contributed by atoms with Crippen LogP contribution in [0.25, 0.3) is 0 Å². The number of furan rings is 1. The van der Waals surface area contributed by atoms with Crippen LogP contribution in [0.4, 0.5) is 0 Å². The second-order valence-electron chi connectivity index (χ2n) is 6.69. The molecular weight excluding hydrogens is 358 g/mol. The Morgan fingerprint density at radius 2 is 1.89 bits per heavy atom. The molecule has 1 saturated heterocycles. The van der Waals surface area contributed by atoms with Crippen molar-refractivity contribution in [3.8, 4) is 0 Å². The normalized spacial score (nSPS) is 19.4. The SMILES string of the molecule is O=C1C(=O)N(CCCn2ccnc2)C(c2ccccc2)C1C(=O)c1ccco1. The maximum absolute atomic E-state index is 12.9. The van der Waals surface area contributed by atoms with Crippen LogP contribution in [-0.4, -0.2) is 38.5 Å². The van der Waals surface area contributed by atoms with Crippen LogP contribution in [0.15, 0.2) is 71.9 Å². The van der Waals surface area contributed by atoms with E-state index in [0.717, 1.165) is 5.56 Å². The fourth-order valence-corrected chi connectivity index (χ4v) is 3.66. The van der Waals surface area contributed by atoms with Gasteiger partial charge in [0, 0.05) is 25.5 Å². The molecule has 28 heavy (non-hydrogen) atoms. The predicted octanol–water partition coefficient (Wildman–Crippen LogP) is 2.52. The van der Waals surface area contributed by atoms with Gasteiger partial charge in [-0.15, -0.1) is 0 Å². The summed E-state index contributed by atoms with van der Waals surface area (Å²) in [6.45, 7) is 1.03. The summed E-state index contributed by atoms with van der Waals surface area (Å²) in [6.07, 6.45) is 7.26. The van der Waals surface area contributed by atoms with Gasteiger partial charge in [-0.2, -0.15) is 0 Å². The Labute approximate surface area is 161 Å². The highest BCUT2D eigenvalue weighted by Gasteiger charge is 2.51. The molecule has 1 aliphatic heterocycles. The van der Waals surface area contributed by atoms with Gasteiger partial charge in [0.1, 0.15) is 5.92 Å². The number of nitrogens with zero attached hydrogens (tertiary/aromatic N) is 3. The van der Waals surface area contributed by atoms with E-state index in [1.807, 2.05) is 41.1 Å². The molecule has 0 aliphatic carbocycles. The van der Waals surface area contributed by atoms with E-state index < -0.39 is 29.4 Å². The van der Waals surface area contributed by atoms with E-state index in [1.54, 1.807) is 18.6 Å². The van der Waals surface area contributed by atoms with Crippen LogP contribution in [0.1, 0.15) is 28.6 Å². The quantitative estimate of drug-likeness (QED) is 0.359. The predicted molar refractivity (Wildman–Crippen MR) is 99.3 cm³/mol. The number of rotatable bonds is 7. The number of carbonyl (C=O) groups is 3. The fourth-order valence-electron chi connectivity index (χ4n) is 3.66. The lowest BCUT2D eigenvalue weighted by molar-refractivity contribution is -0.140. The summed E-state index contributed by atoms with van der Waals surface area (Å²) < 4.78 is 7.11. The second kappa shape index (κ2) is 7.64. The van der Waals surface area contributed by atoms with E-state index in [4.69, 9.17) is 4.42 Å². The molecule has 0 saturated carbocycles. The zero-order chi connectivity index (χ0) is 19.5. The molecule has 3 aromatic rings. The number of imidazole rings is 1. The molecular formula is C21H19N3O4. The van der Waals surface area contributed by atoms with Gasteiger partial charge in [0.2, 0.25) is 11.6 Å². The first-order chi connectivity index (χ1) is 13.7. The molecule has 0 radical (unpaired) electrons. The Hall–Kier alpha value is -3.48. The number of hydrogen-bond donors (Lipinski definition) is 0. The molecule has 7 nitrogen and oxygen atoms in total. The number of likely N-dealkylation sites (tertiary alicyclic amines) is 1. The Bertz CT molecular complexity index is 965. The summed E-state index contributed by atoms with van der Waals surface area (Å²) in [5.41, 5.74) is 0.759. The van der Waals surface area contributed by atoms with Crippen molar-refractivity contribution in [2.75, 3.05) is 6.54 Å². The number of aryl methyl sites for hydroxylation is 1. The molecule has 1 aromatic carbocycles. The summed E-state index contributed by atoms with van der Waals surface area (Å²) in [7, 11) is 0. The molecule has 3 heterocycles. The first-order valence-electron chi connectivity index (χ1n) is 9.10. The van der Waals surface area contributed by atoms with E-state index in [9.17, 15) is 14.4 Å². The summed E-state index contributed by atoms with van der Waals surface area (Å²) >= 11 is 0. The molecule has 0 bridgehead atoms. The van der Waals surface area contributed by atoms with Gasteiger partial charge in [-0.25, -0.2) is 4.98 Å². The van der Waals surface area contributed by atoms with Gasteiger partial charge < -0.3 is 13.9 Å². The molecule has 2 unspecified atom stereocenters. The van der Waals surface area contributed by atoms with Crippen molar-refractivity contribution in [2.24, 2.45) is 5.92 Å². The Kier molecular flexibility index (Phi) is 4.89. The van der Waals surface area contributed by atoms with Crippen LogP contribution in [0.3, 0.4) is 0 Å². The van der Waals surface area contributed by atoms with Crippen molar-refractivity contribution in [1.29, 1.82) is 0 Å². The molecule has 0 spiro atoms.